The van der Waals surface area contributed by atoms with Crippen LogP contribution in [0.15, 0.2) is 57.8 Å². The quantitative estimate of drug-likeness (QED) is 0.625. The van der Waals surface area contributed by atoms with Gasteiger partial charge in [-0.15, -0.1) is 15.7 Å². The van der Waals surface area contributed by atoms with Crippen LogP contribution in [0.2, 0.25) is 0 Å². The zero-order chi connectivity index (χ0) is 20.9. The lowest BCUT2D eigenvalue weighted by Gasteiger charge is -2.29. The molecular weight excluding hydrogens is 420 g/mol. The molecular formula is C21H20N4O3S2. The second kappa shape index (κ2) is 7.17. The number of amidine groups is 1. The molecule has 0 bridgehead atoms. The van der Waals surface area contributed by atoms with E-state index >= 15 is 0 Å². The van der Waals surface area contributed by atoms with Gasteiger partial charge in [-0.3, -0.25) is 4.79 Å². The van der Waals surface area contributed by atoms with Crippen molar-refractivity contribution in [1.29, 1.82) is 0 Å². The van der Waals surface area contributed by atoms with Crippen LogP contribution in [0.25, 0.3) is 10.2 Å². The highest BCUT2D eigenvalue weighted by Gasteiger charge is 2.40. The Kier molecular flexibility index (Phi) is 4.59. The molecule has 30 heavy (non-hydrogen) atoms. The van der Waals surface area contributed by atoms with E-state index in [9.17, 15) is 13.2 Å². The average Bonchev–Trinajstić information content (AvgIpc) is 3.43. The third-order valence-electron chi connectivity index (χ3n) is 5.51. The first-order valence-electron chi connectivity index (χ1n) is 9.74. The van der Waals surface area contributed by atoms with Gasteiger partial charge in [0.2, 0.25) is 5.91 Å². The number of carbonyl (C=O) groups is 1. The molecule has 2 aromatic carbocycles. The number of rotatable bonds is 3. The van der Waals surface area contributed by atoms with Crippen LogP contribution in [-0.2, 0) is 21.4 Å². The van der Waals surface area contributed by atoms with Crippen LogP contribution in [0, 0.1) is 0 Å². The molecule has 2 aliphatic heterocycles. The summed E-state index contributed by atoms with van der Waals surface area (Å²) >= 11 is 1.58. The number of hydrogen-bond acceptors (Lipinski definition) is 6. The fourth-order valence-corrected chi connectivity index (χ4v) is 6.33. The number of amides is 1. The zero-order valence-electron chi connectivity index (χ0n) is 16.4. The monoisotopic (exact) mass is 440 g/mol. The molecule has 154 valence electrons. The minimum Gasteiger partial charge on any atom is -0.343 e. The molecule has 3 heterocycles. The smallest absolute Gasteiger partial charge is 0.285 e. The van der Waals surface area contributed by atoms with Crippen molar-refractivity contribution in [2.24, 2.45) is 4.40 Å². The van der Waals surface area contributed by atoms with E-state index in [-0.39, 0.29) is 10.8 Å². The number of para-hydroxylation sites is 1. The molecule has 0 aliphatic carbocycles. The molecule has 1 amide bonds. The lowest BCUT2D eigenvalue weighted by atomic mass is 10.1. The third-order valence-corrected chi connectivity index (χ3v) is 7.86. The number of fused-ring (bicyclic) bond motifs is 2. The first kappa shape index (κ1) is 19.2. The predicted molar refractivity (Wildman–Crippen MR) is 116 cm³/mol. The van der Waals surface area contributed by atoms with Crippen LogP contribution in [0.1, 0.15) is 23.4 Å². The van der Waals surface area contributed by atoms with E-state index < -0.39 is 16.1 Å². The van der Waals surface area contributed by atoms with Crippen molar-refractivity contribution in [1.82, 2.24) is 14.8 Å². The fourth-order valence-electron chi connectivity index (χ4n) is 4.10. The van der Waals surface area contributed by atoms with E-state index in [2.05, 4.69) is 9.38 Å². The Bertz CT molecular complexity index is 1250. The highest BCUT2D eigenvalue weighted by Crippen LogP contribution is 2.32. The fraction of sp³-hybridized carbons (Fsp3) is 0.286. The van der Waals surface area contributed by atoms with Gasteiger partial charge < -0.3 is 9.80 Å². The van der Waals surface area contributed by atoms with E-state index in [0.717, 1.165) is 21.6 Å². The van der Waals surface area contributed by atoms with E-state index in [4.69, 9.17) is 0 Å². The van der Waals surface area contributed by atoms with Crippen LogP contribution in [0.3, 0.4) is 0 Å². The molecule has 1 aromatic heterocycles. The average molecular weight is 441 g/mol. The van der Waals surface area contributed by atoms with Crippen molar-refractivity contribution in [3.05, 3.63) is 59.1 Å². The van der Waals surface area contributed by atoms with Crippen LogP contribution in [0.4, 0.5) is 0 Å². The van der Waals surface area contributed by atoms with Crippen molar-refractivity contribution in [3.63, 3.8) is 0 Å². The predicted octanol–water partition coefficient (Wildman–Crippen LogP) is 2.87. The van der Waals surface area contributed by atoms with Gasteiger partial charge in [-0.25, -0.2) is 4.98 Å². The van der Waals surface area contributed by atoms with E-state index in [0.29, 0.717) is 30.9 Å². The summed E-state index contributed by atoms with van der Waals surface area (Å²) in [5.74, 6) is 0.339. The minimum atomic E-state index is -3.71. The zero-order valence-corrected chi connectivity index (χ0v) is 18.0. The summed E-state index contributed by atoms with van der Waals surface area (Å²) < 4.78 is 30.0. The van der Waals surface area contributed by atoms with Gasteiger partial charge in [0.25, 0.3) is 10.0 Å². The molecule has 9 heteroatoms. The van der Waals surface area contributed by atoms with Crippen LogP contribution < -0.4 is 0 Å². The molecule has 3 aromatic rings. The van der Waals surface area contributed by atoms with Crippen molar-refractivity contribution in [3.8, 4) is 0 Å². The maximum Gasteiger partial charge on any atom is 0.285 e. The second-order valence-electron chi connectivity index (χ2n) is 7.51. The number of carbonyl (C=O) groups excluding carboxylic acids is 1. The molecule has 1 fully saturated rings. The standard InChI is InChI=1S/C21H20N4O3S2/c1-24(13-19-22-15-8-3-4-10-17(15)29-19)21(26)16-9-6-12-25(16)20-14-7-2-5-11-18(14)30(27,28)23-20/h2-5,7-8,10-11,16H,6,9,12-13H2,1H3/t16-/m1/s1. The molecule has 0 unspecified atom stereocenters. The molecule has 0 radical (unpaired) electrons. The van der Waals surface area contributed by atoms with Crippen LogP contribution in [-0.4, -0.2) is 54.6 Å². The third kappa shape index (κ3) is 3.18. The van der Waals surface area contributed by atoms with Gasteiger partial charge in [0.1, 0.15) is 15.9 Å². The number of likely N-dealkylation sites (tertiary alicyclic amines) is 1. The number of sulfonamides is 1. The largest absolute Gasteiger partial charge is 0.343 e. The van der Waals surface area contributed by atoms with E-state index in [1.54, 1.807) is 47.5 Å². The first-order valence-corrected chi connectivity index (χ1v) is 12.0. The highest BCUT2D eigenvalue weighted by molar-refractivity contribution is 7.90. The van der Waals surface area contributed by atoms with Gasteiger partial charge in [0.05, 0.1) is 16.8 Å². The van der Waals surface area contributed by atoms with E-state index in [1.807, 2.05) is 29.2 Å². The number of thiazole rings is 1. The molecule has 1 saturated heterocycles. The molecule has 0 N–H and O–H groups in total. The Morgan fingerprint density at radius 2 is 1.97 bits per heavy atom. The van der Waals surface area contributed by atoms with Crippen molar-refractivity contribution in [2.75, 3.05) is 13.6 Å². The lowest BCUT2D eigenvalue weighted by molar-refractivity contribution is -0.134. The van der Waals surface area contributed by atoms with Crippen molar-refractivity contribution in [2.45, 2.75) is 30.3 Å². The summed E-state index contributed by atoms with van der Waals surface area (Å²) in [6.45, 7) is 1.03. The summed E-state index contributed by atoms with van der Waals surface area (Å²) in [5, 5.41) is 0.878. The Morgan fingerprint density at radius 1 is 1.20 bits per heavy atom. The van der Waals surface area contributed by atoms with Crippen LogP contribution in [0.5, 0.6) is 0 Å². The molecule has 5 rings (SSSR count). The summed E-state index contributed by atoms with van der Waals surface area (Å²) in [6.07, 6.45) is 1.48. The normalized spacial score (nSPS) is 19.7. The molecule has 2 aliphatic rings. The van der Waals surface area contributed by atoms with Crippen LogP contribution >= 0.6 is 11.3 Å². The SMILES string of the molecule is CN(Cc1nc2ccccc2s1)C(=O)[C@H]1CCCN1C1=NS(=O)(=O)c2ccccc21. The Balaban J connectivity index is 1.39. The van der Waals surface area contributed by atoms with Gasteiger partial charge in [0, 0.05) is 19.2 Å². The minimum absolute atomic E-state index is 0.0452. The van der Waals surface area contributed by atoms with E-state index in [1.165, 1.54) is 0 Å². The van der Waals surface area contributed by atoms with Gasteiger partial charge in [0.15, 0.2) is 5.84 Å². The van der Waals surface area contributed by atoms with Crippen molar-refractivity contribution >= 4 is 43.3 Å². The lowest BCUT2D eigenvalue weighted by Crippen LogP contribution is -2.46. The molecule has 0 spiro atoms. The first-order chi connectivity index (χ1) is 14.4. The topological polar surface area (TPSA) is 82.9 Å². The molecule has 7 nitrogen and oxygen atoms in total. The van der Waals surface area contributed by atoms with Gasteiger partial charge >= 0.3 is 0 Å². The summed E-state index contributed by atoms with van der Waals surface area (Å²) in [4.78, 5) is 21.6. The maximum atomic E-state index is 13.3. The summed E-state index contributed by atoms with van der Waals surface area (Å²) in [7, 11) is -1.94. The maximum absolute atomic E-state index is 13.3. The molecule has 1 atom stereocenters. The van der Waals surface area contributed by atoms with Gasteiger partial charge in [-0.2, -0.15) is 8.42 Å². The number of hydrogen-bond donors (Lipinski definition) is 0. The summed E-state index contributed by atoms with van der Waals surface area (Å²) in [6, 6.07) is 14.3. The number of nitrogens with zero attached hydrogens (tertiary/aromatic N) is 4. The van der Waals surface area contributed by atoms with Gasteiger partial charge in [-0.05, 0) is 37.1 Å². The Hall–Kier alpha value is -2.78. The highest BCUT2D eigenvalue weighted by atomic mass is 32.2. The summed E-state index contributed by atoms with van der Waals surface area (Å²) in [5.41, 5.74) is 1.51. The Labute approximate surface area is 178 Å². The number of benzene rings is 2. The number of aromatic nitrogens is 1. The van der Waals surface area contributed by atoms with Crippen molar-refractivity contribution < 1.29 is 13.2 Å². The number of likely N-dealkylation sites (N-methyl/N-ethyl adjacent to an activating group) is 1. The second-order valence-corrected chi connectivity index (χ2v) is 10.2. The Morgan fingerprint density at radius 3 is 2.80 bits per heavy atom. The molecule has 0 saturated carbocycles. The van der Waals surface area contributed by atoms with Gasteiger partial charge in [-0.1, -0.05) is 24.3 Å².